The van der Waals surface area contributed by atoms with Crippen LogP contribution in [0.5, 0.6) is 0 Å². The van der Waals surface area contributed by atoms with Crippen LogP contribution in [0.15, 0.2) is 18.2 Å². The van der Waals surface area contributed by atoms with E-state index in [1.165, 1.54) is 38.5 Å². The molecule has 1 aromatic rings. The van der Waals surface area contributed by atoms with Crippen LogP contribution in [0, 0.1) is 13.8 Å². The van der Waals surface area contributed by atoms with Crippen molar-refractivity contribution in [2.75, 3.05) is 0 Å². The standard InChI is InChI=1S/C18H28O/c1-4-5-6-7-8-9-10-14-17(19)18-15(2)12-11-13-16(18)3/h11-13H,4-10,14H2,1-3H3. The van der Waals surface area contributed by atoms with Gasteiger partial charge in [0.15, 0.2) is 5.78 Å². The van der Waals surface area contributed by atoms with Crippen LogP contribution in [0.4, 0.5) is 0 Å². The van der Waals surface area contributed by atoms with Crippen LogP contribution in [0.2, 0.25) is 0 Å². The highest BCUT2D eigenvalue weighted by Gasteiger charge is 2.10. The summed E-state index contributed by atoms with van der Waals surface area (Å²) in [6.45, 7) is 6.30. The fourth-order valence-electron chi connectivity index (χ4n) is 2.62. The summed E-state index contributed by atoms with van der Waals surface area (Å²) in [5, 5.41) is 0. The van der Waals surface area contributed by atoms with Crippen LogP contribution in [0.1, 0.15) is 79.8 Å². The van der Waals surface area contributed by atoms with Crippen molar-refractivity contribution < 1.29 is 4.79 Å². The van der Waals surface area contributed by atoms with Crippen molar-refractivity contribution in [3.8, 4) is 0 Å². The van der Waals surface area contributed by atoms with E-state index in [-0.39, 0.29) is 0 Å². The molecule has 0 unspecified atom stereocenters. The van der Waals surface area contributed by atoms with Crippen LogP contribution in [-0.2, 0) is 0 Å². The van der Waals surface area contributed by atoms with E-state index < -0.39 is 0 Å². The summed E-state index contributed by atoms with van der Waals surface area (Å²) in [5.74, 6) is 0.323. The fraction of sp³-hybridized carbons (Fsp3) is 0.611. The van der Waals surface area contributed by atoms with E-state index >= 15 is 0 Å². The Balaban J connectivity index is 2.28. The van der Waals surface area contributed by atoms with E-state index in [0.717, 1.165) is 23.1 Å². The highest BCUT2D eigenvalue weighted by atomic mass is 16.1. The first-order valence-electron chi connectivity index (χ1n) is 7.76. The molecule has 106 valence electrons. The normalized spacial score (nSPS) is 10.7. The number of carbonyl (C=O) groups is 1. The zero-order valence-corrected chi connectivity index (χ0v) is 12.8. The first-order chi connectivity index (χ1) is 9.16. The number of aryl methyl sites for hydroxylation is 2. The first kappa shape index (κ1) is 15.9. The maximum Gasteiger partial charge on any atom is 0.163 e. The van der Waals surface area contributed by atoms with Crippen molar-refractivity contribution in [2.24, 2.45) is 0 Å². The third kappa shape index (κ3) is 5.59. The Bertz CT molecular complexity index is 372. The molecule has 1 nitrogen and oxygen atoms in total. The van der Waals surface area contributed by atoms with Gasteiger partial charge in [0.2, 0.25) is 0 Å². The lowest BCUT2D eigenvalue weighted by Crippen LogP contribution is -2.04. The number of hydrogen-bond donors (Lipinski definition) is 0. The van der Waals surface area contributed by atoms with E-state index in [9.17, 15) is 4.79 Å². The predicted octanol–water partition coefficient (Wildman–Crippen LogP) is 5.63. The second kappa shape index (κ2) is 8.90. The average molecular weight is 260 g/mol. The lowest BCUT2D eigenvalue weighted by atomic mass is 9.96. The van der Waals surface area contributed by atoms with Gasteiger partial charge in [0, 0.05) is 12.0 Å². The molecule has 0 aromatic heterocycles. The lowest BCUT2D eigenvalue weighted by Gasteiger charge is -2.08. The van der Waals surface area contributed by atoms with Crippen LogP contribution in [-0.4, -0.2) is 5.78 Å². The van der Waals surface area contributed by atoms with Gasteiger partial charge in [-0.1, -0.05) is 63.6 Å². The molecule has 1 rings (SSSR count). The molecule has 0 spiro atoms. The summed E-state index contributed by atoms with van der Waals surface area (Å²) >= 11 is 0. The molecule has 0 amide bonds. The van der Waals surface area contributed by atoms with E-state index in [1.54, 1.807) is 0 Å². The number of carbonyl (C=O) groups excluding carboxylic acids is 1. The zero-order chi connectivity index (χ0) is 14.1. The van der Waals surface area contributed by atoms with Crippen LogP contribution >= 0.6 is 0 Å². The van der Waals surface area contributed by atoms with Crippen molar-refractivity contribution in [2.45, 2.75) is 72.1 Å². The SMILES string of the molecule is CCCCCCCCCC(=O)c1c(C)cccc1C. The average Bonchev–Trinajstić information content (AvgIpc) is 2.37. The van der Waals surface area contributed by atoms with Gasteiger partial charge in [-0.15, -0.1) is 0 Å². The largest absolute Gasteiger partial charge is 0.294 e. The first-order valence-corrected chi connectivity index (χ1v) is 7.76. The number of Topliss-reactive ketones (excluding diaryl/α,β-unsaturated/α-hetero) is 1. The summed E-state index contributed by atoms with van der Waals surface area (Å²) in [6.07, 6.45) is 9.54. The van der Waals surface area contributed by atoms with Crippen molar-refractivity contribution in [3.05, 3.63) is 34.9 Å². The maximum absolute atomic E-state index is 12.2. The summed E-state index contributed by atoms with van der Waals surface area (Å²) in [5.41, 5.74) is 3.19. The highest BCUT2D eigenvalue weighted by molar-refractivity contribution is 5.98. The maximum atomic E-state index is 12.2. The molecule has 0 saturated heterocycles. The Morgan fingerprint density at radius 3 is 2.00 bits per heavy atom. The van der Waals surface area contributed by atoms with Gasteiger partial charge < -0.3 is 0 Å². The Morgan fingerprint density at radius 2 is 1.42 bits per heavy atom. The second-order valence-corrected chi connectivity index (χ2v) is 5.56. The van der Waals surface area contributed by atoms with E-state index in [2.05, 4.69) is 6.92 Å². The van der Waals surface area contributed by atoms with Crippen LogP contribution < -0.4 is 0 Å². The molecule has 0 N–H and O–H groups in total. The molecule has 0 aliphatic heterocycles. The summed E-state index contributed by atoms with van der Waals surface area (Å²) in [7, 11) is 0. The molecule has 0 fully saturated rings. The molecule has 1 heteroatoms. The Labute approximate surface area is 118 Å². The fourth-order valence-corrected chi connectivity index (χ4v) is 2.62. The van der Waals surface area contributed by atoms with Crippen molar-refractivity contribution >= 4 is 5.78 Å². The molecule has 0 radical (unpaired) electrons. The van der Waals surface area contributed by atoms with Gasteiger partial charge in [-0.05, 0) is 31.4 Å². The van der Waals surface area contributed by atoms with E-state index in [0.29, 0.717) is 12.2 Å². The quantitative estimate of drug-likeness (QED) is 0.415. The van der Waals surface area contributed by atoms with Gasteiger partial charge >= 0.3 is 0 Å². The van der Waals surface area contributed by atoms with Crippen molar-refractivity contribution in [1.82, 2.24) is 0 Å². The zero-order valence-electron chi connectivity index (χ0n) is 12.8. The molecule has 0 atom stereocenters. The monoisotopic (exact) mass is 260 g/mol. The Kier molecular flexibility index (Phi) is 7.47. The molecule has 0 saturated carbocycles. The summed E-state index contributed by atoms with van der Waals surface area (Å²) in [4.78, 5) is 12.2. The van der Waals surface area contributed by atoms with Crippen molar-refractivity contribution in [1.29, 1.82) is 0 Å². The molecule has 19 heavy (non-hydrogen) atoms. The Hall–Kier alpha value is -1.11. The van der Waals surface area contributed by atoms with E-state index in [1.807, 2.05) is 32.0 Å². The molecule has 0 heterocycles. The third-order valence-corrected chi connectivity index (χ3v) is 3.77. The highest BCUT2D eigenvalue weighted by Crippen LogP contribution is 2.17. The second-order valence-electron chi connectivity index (χ2n) is 5.56. The van der Waals surface area contributed by atoms with Gasteiger partial charge in [0.05, 0.1) is 0 Å². The molecular weight excluding hydrogens is 232 g/mol. The molecular formula is C18H28O. The minimum absolute atomic E-state index is 0.323. The Morgan fingerprint density at radius 1 is 0.895 bits per heavy atom. The molecule has 0 aliphatic carbocycles. The number of unbranched alkanes of at least 4 members (excludes halogenated alkanes) is 6. The predicted molar refractivity (Wildman–Crippen MR) is 82.9 cm³/mol. The van der Waals surface area contributed by atoms with Gasteiger partial charge in [-0.3, -0.25) is 4.79 Å². The lowest BCUT2D eigenvalue weighted by molar-refractivity contribution is 0.0978. The smallest absolute Gasteiger partial charge is 0.163 e. The van der Waals surface area contributed by atoms with E-state index in [4.69, 9.17) is 0 Å². The van der Waals surface area contributed by atoms with Crippen LogP contribution in [0.25, 0.3) is 0 Å². The van der Waals surface area contributed by atoms with Gasteiger partial charge in [0.1, 0.15) is 0 Å². The minimum atomic E-state index is 0.323. The molecule has 1 aromatic carbocycles. The summed E-state index contributed by atoms with van der Waals surface area (Å²) < 4.78 is 0. The number of hydrogen-bond acceptors (Lipinski definition) is 1. The topological polar surface area (TPSA) is 17.1 Å². The van der Waals surface area contributed by atoms with Gasteiger partial charge in [-0.25, -0.2) is 0 Å². The molecule has 0 bridgehead atoms. The minimum Gasteiger partial charge on any atom is -0.294 e. The number of benzene rings is 1. The van der Waals surface area contributed by atoms with Gasteiger partial charge in [0.25, 0.3) is 0 Å². The van der Waals surface area contributed by atoms with Crippen molar-refractivity contribution in [3.63, 3.8) is 0 Å². The third-order valence-electron chi connectivity index (χ3n) is 3.77. The van der Waals surface area contributed by atoms with Crippen LogP contribution in [0.3, 0.4) is 0 Å². The number of ketones is 1. The van der Waals surface area contributed by atoms with Gasteiger partial charge in [-0.2, -0.15) is 0 Å². The number of rotatable bonds is 9. The molecule has 0 aliphatic rings. The summed E-state index contributed by atoms with van der Waals surface area (Å²) in [6, 6.07) is 6.09.